The van der Waals surface area contributed by atoms with Crippen molar-refractivity contribution < 1.29 is 14.3 Å². The maximum atomic E-state index is 13.2. The smallest absolute Gasteiger partial charge is 0.241 e. The fraction of sp³-hybridized carbons (Fsp3) is 0.250. The van der Waals surface area contributed by atoms with Gasteiger partial charge in [0.1, 0.15) is 17.8 Å². The van der Waals surface area contributed by atoms with Crippen LogP contribution in [0.1, 0.15) is 36.1 Å². The second kappa shape index (κ2) is 12.3. The zero-order valence-electron chi connectivity index (χ0n) is 20.2. The number of hydrogen-bond acceptors (Lipinski definition) is 5. The summed E-state index contributed by atoms with van der Waals surface area (Å²) in [7, 11) is 0. The third-order valence-corrected chi connectivity index (χ3v) is 6.06. The van der Waals surface area contributed by atoms with E-state index in [2.05, 4.69) is 15.4 Å². The molecule has 186 valence electrons. The number of amides is 1. The number of carbonyl (C=O) groups is 2. The first kappa shape index (κ1) is 25.4. The van der Waals surface area contributed by atoms with Gasteiger partial charge in [0.15, 0.2) is 0 Å². The van der Waals surface area contributed by atoms with Crippen LogP contribution in [0.2, 0.25) is 5.02 Å². The molecule has 1 amide bonds. The molecule has 0 aliphatic heterocycles. The largest absolute Gasteiger partial charge is 0.456 e. The van der Waals surface area contributed by atoms with Gasteiger partial charge in [-0.05, 0) is 67.3 Å². The minimum Gasteiger partial charge on any atom is -0.456 e. The van der Waals surface area contributed by atoms with Gasteiger partial charge < -0.3 is 14.5 Å². The van der Waals surface area contributed by atoms with E-state index >= 15 is 0 Å². The normalized spacial score (nSPS) is 10.9. The monoisotopic (exact) mass is 504 g/mol. The lowest BCUT2D eigenvalue weighted by Crippen LogP contribution is -2.44. The van der Waals surface area contributed by atoms with Crippen LogP contribution in [0.3, 0.4) is 0 Å². The summed E-state index contributed by atoms with van der Waals surface area (Å²) in [6, 6.07) is 17.0. The summed E-state index contributed by atoms with van der Waals surface area (Å²) in [6.07, 6.45) is 6.59. The highest BCUT2D eigenvalue weighted by molar-refractivity contribution is 6.32. The first-order valence-electron chi connectivity index (χ1n) is 11.9. The number of hydrazine groups is 1. The predicted octanol–water partition coefficient (Wildman–Crippen LogP) is 5.76. The number of aromatic amines is 1. The van der Waals surface area contributed by atoms with E-state index in [4.69, 9.17) is 16.3 Å². The Morgan fingerprint density at radius 2 is 2.06 bits per heavy atom. The summed E-state index contributed by atoms with van der Waals surface area (Å²) >= 11 is 6.31. The van der Waals surface area contributed by atoms with E-state index in [1.54, 1.807) is 17.4 Å². The zero-order valence-corrected chi connectivity index (χ0v) is 20.9. The minimum absolute atomic E-state index is 0.0654. The molecule has 7 nitrogen and oxygen atoms in total. The number of fused-ring (bicyclic) bond motifs is 1. The van der Waals surface area contributed by atoms with Gasteiger partial charge in [-0.2, -0.15) is 0 Å². The third-order valence-electron chi connectivity index (χ3n) is 5.76. The number of H-pyrrole nitrogens is 1. The quantitative estimate of drug-likeness (QED) is 0.145. The minimum atomic E-state index is -0.0654. The van der Waals surface area contributed by atoms with Gasteiger partial charge in [-0.1, -0.05) is 29.8 Å². The molecule has 2 aromatic heterocycles. The molecule has 0 atom stereocenters. The highest BCUT2D eigenvalue weighted by atomic mass is 35.5. The number of rotatable bonds is 12. The molecule has 0 aliphatic carbocycles. The lowest BCUT2D eigenvalue weighted by Gasteiger charge is -2.23. The van der Waals surface area contributed by atoms with Crippen LogP contribution in [0, 0.1) is 6.92 Å². The zero-order chi connectivity index (χ0) is 25.3. The molecule has 4 aromatic rings. The maximum Gasteiger partial charge on any atom is 0.241 e. The Kier molecular flexibility index (Phi) is 8.71. The van der Waals surface area contributed by atoms with Crippen LogP contribution in [0.15, 0.2) is 67.0 Å². The fourth-order valence-electron chi connectivity index (χ4n) is 3.90. The van der Waals surface area contributed by atoms with Gasteiger partial charge in [-0.15, -0.1) is 0 Å². The Labute approximate surface area is 215 Å². The Morgan fingerprint density at radius 3 is 2.86 bits per heavy atom. The van der Waals surface area contributed by atoms with Gasteiger partial charge in [-0.3, -0.25) is 14.8 Å². The van der Waals surface area contributed by atoms with Crippen molar-refractivity contribution >= 4 is 34.7 Å². The molecule has 2 aromatic carbocycles. The van der Waals surface area contributed by atoms with Crippen molar-refractivity contribution in [3.63, 3.8) is 0 Å². The summed E-state index contributed by atoms with van der Waals surface area (Å²) in [6.45, 7) is 2.93. The molecule has 2 heterocycles. The summed E-state index contributed by atoms with van der Waals surface area (Å²) in [4.78, 5) is 31.4. The second-order valence-electron chi connectivity index (χ2n) is 8.66. The third kappa shape index (κ3) is 6.93. The molecule has 36 heavy (non-hydrogen) atoms. The molecule has 0 saturated heterocycles. The first-order chi connectivity index (χ1) is 17.5. The average Bonchev–Trinajstić information content (AvgIpc) is 3.28. The molecule has 0 unspecified atom stereocenters. The first-order valence-corrected chi connectivity index (χ1v) is 12.3. The number of aromatic nitrogens is 2. The van der Waals surface area contributed by atoms with Crippen molar-refractivity contribution in [2.45, 2.75) is 39.2 Å². The van der Waals surface area contributed by atoms with Crippen molar-refractivity contribution in [1.82, 2.24) is 20.4 Å². The van der Waals surface area contributed by atoms with Crippen LogP contribution in [-0.4, -0.2) is 33.7 Å². The predicted molar refractivity (Wildman–Crippen MR) is 141 cm³/mol. The number of ether oxygens (including phenoxy) is 1. The molecule has 2 N–H and O–H groups in total. The number of nitrogens with one attached hydrogen (secondary N) is 2. The van der Waals surface area contributed by atoms with Gasteiger partial charge >= 0.3 is 0 Å². The number of halogens is 1. The topological polar surface area (TPSA) is 87.3 Å². The van der Waals surface area contributed by atoms with Crippen LogP contribution >= 0.6 is 11.6 Å². The molecule has 0 spiro atoms. The van der Waals surface area contributed by atoms with Crippen LogP contribution in [0.25, 0.3) is 10.9 Å². The van der Waals surface area contributed by atoms with E-state index in [0.717, 1.165) is 46.9 Å². The molecular weight excluding hydrogens is 476 g/mol. The summed E-state index contributed by atoms with van der Waals surface area (Å²) in [5, 5.41) is 3.19. The van der Waals surface area contributed by atoms with E-state index in [9.17, 15) is 9.59 Å². The van der Waals surface area contributed by atoms with Crippen molar-refractivity contribution in [1.29, 1.82) is 0 Å². The molecule has 0 radical (unpaired) electrons. The molecular formula is C28H29ClN4O3. The SMILES string of the molecule is Cc1ccc(Oc2cccc(CC(=O)N(CCCCC=O)NCc3cc4cnccc4[nH]3)c2)c(Cl)c1. The molecule has 0 fully saturated rings. The molecule has 0 saturated carbocycles. The summed E-state index contributed by atoms with van der Waals surface area (Å²) in [5.41, 5.74) is 7.09. The van der Waals surface area contributed by atoms with Crippen LogP contribution in [-0.2, 0) is 22.6 Å². The van der Waals surface area contributed by atoms with Gasteiger partial charge in [0.2, 0.25) is 5.91 Å². The lowest BCUT2D eigenvalue weighted by molar-refractivity contribution is -0.134. The van der Waals surface area contributed by atoms with Gasteiger partial charge in [0, 0.05) is 42.0 Å². The fourth-order valence-corrected chi connectivity index (χ4v) is 4.18. The van der Waals surface area contributed by atoms with Gasteiger partial charge in [-0.25, -0.2) is 5.43 Å². The van der Waals surface area contributed by atoms with E-state index in [1.807, 2.05) is 61.5 Å². The molecule has 0 bridgehead atoms. The van der Waals surface area contributed by atoms with Crippen LogP contribution in [0.4, 0.5) is 0 Å². The number of nitrogens with zero attached hydrogens (tertiary/aromatic N) is 2. The highest BCUT2D eigenvalue weighted by Crippen LogP contribution is 2.30. The molecule has 8 heteroatoms. The number of unbranched alkanes of at least 4 members (excludes halogenated alkanes) is 2. The van der Waals surface area contributed by atoms with Gasteiger partial charge in [0.25, 0.3) is 0 Å². The van der Waals surface area contributed by atoms with E-state index in [1.165, 1.54) is 0 Å². The number of aldehydes is 1. The van der Waals surface area contributed by atoms with E-state index in [-0.39, 0.29) is 12.3 Å². The molecule has 4 rings (SSSR count). The maximum absolute atomic E-state index is 13.2. The van der Waals surface area contributed by atoms with Crippen LogP contribution in [0.5, 0.6) is 11.5 Å². The number of hydrogen-bond donors (Lipinski definition) is 2. The van der Waals surface area contributed by atoms with Crippen molar-refractivity contribution in [3.05, 3.63) is 88.8 Å². The summed E-state index contributed by atoms with van der Waals surface area (Å²) < 4.78 is 5.96. The number of benzene rings is 2. The summed E-state index contributed by atoms with van der Waals surface area (Å²) in [5.74, 6) is 1.12. The molecule has 0 aliphatic rings. The number of pyridine rings is 1. The van der Waals surface area contributed by atoms with Crippen molar-refractivity contribution in [3.8, 4) is 11.5 Å². The van der Waals surface area contributed by atoms with E-state index in [0.29, 0.717) is 36.0 Å². The standard InChI is InChI=1S/C28H29ClN4O3/c1-20-8-9-27(25(29)14-20)36-24-7-5-6-21(15-24)16-28(35)33(12-3-2-4-13-34)31-19-23-17-22-18-30-11-10-26(22)32-23/h5-11,13-15,17-18,31-32H,2-4,12,16,19H2,1H3. The van der Waals surface area contributed by atoms with Crippen molar-refractivity contribution in [2.75, 3.05) is 6.54 Å². The number of aryl methyl sites for hydroxylation is 1. The average molecular weight is 505 g/mol. The van der Waals surface area contributed by atoms with Gasteiger partial charge in [0.05, 0.1) is 18.0 Å². The Hall–Kier alpha value is -3.68. The lowest BCUT2D eigenvalue weighted by atomic mass is 10.1. The Bertz CT molecular complexity index is 1300. The Morgan fingerprint density at radius 1 is 1.17 bits per heavy atom. The highest BCUT2D eigenvalue weighted by Gasteiger charge is 2.15. The Balaban J connectivity index is 1.42. The number of carbonyl (C=O) groups excluding carboxylic acids is 2. The second-order valence-corrected chi connectivity index (χ2v) is 9.07. The van der Waals surface area contributed by atoms with E-state index < -0.39 is 0 Å². The van der Waals surface area contributed by atoms with Crippen molar-refractivity contribution in [2.24, 2.45) is 0 Å². The van der Waals surface area contributed by atoms with Crippen LogP contribution < -0.4 is 10.2 Å².